The van der Waals surface area contributed by atoms with Gasteiger partial charge in [-0.05, 0) is 48.6 Å². The van der Waals surface area contributed by atoms with Crippen LogP contribution in [0.1, 0.15) is 24.2 Å². The molecule has 1 rings (SSSR count). The van der Waals surface area contributed by atoms with Gasteiger partial charge in [-0.3, -0.25) is 4.79 Å². The van der Waals surface area contributed by atoms with Gasteiger partial charge in [0.15, 0.2) is 17.4 Å². The van der Waals surface area contributed by atoms with E-state index in [4.69, 9.17) is 5.11 Å². The predicted octanol–water partition coefficient (Wildman–Crippen LogP) is 2.63. The van der Waals surface area contributed by atoms with Gasteiger partial charge < -0.3 is 10.4 Å². The molecule has 1 atom stereocenters. The third kappa shape index (κ3) is 4.24. The number of halogens is 3. The first-order valence-electron chi connectivity index (χ1n) is 5.59. The van der Waals surface area contributed by atoms with Gasteiger partial charge in [-0.15, -0.1) is 0 Å². The first-order chi connectivity index (χ1) is 8.86. The maximum absolute atomic E-state index is 13.6. The summed E-state index contributed by atoms with van der Waals surface area (Å²) >= 11 is 1.82. The lowest BCUT2D eigenvalue weighted by Crippen LogP contribution is -2.25. The number of aliphatic hydroxyl groups is 1. The SMILES string of the molecule is CC(=CNC(C)CO)C(=O)c1cc(I)cc(F)c1F. The summed E-state index contributed by atoms with van der Waals surface area (Å²) in [6.07, 6.45) is 1.39. The smallest absolute Gasteiger partial charge is 0.193 e. The molecule has 3 nitrogen and oxygen atoms in total. The molecule has 19 heavy (non-hydrogen) atoms. The fraction of sp³-hybridized carbons (Fsp3) is 0.308. The third-order valence-corrected chi connectivity index (χ3v) is 3.08. The lowest BCUT2D eigenvalue weighted by atomic mass is 10.0. The molecule has 0 heterocycles. The van der Waals surface area contributed by atoms with Gasteiger partial charge in [-0.1, -0.05) is 0 Å². The van der Waals surface area contributed by atoms with Crippen molar-refractivity contribution in [3.63, 3.8) is 0 Å². The molecule has 0 bridgehead atoms. The Balaban J connectivity index is 3.00. The Morgan fingerprint density at radius 2 is 2.16 bits per heavy atom. The minimum atomic E-state index is -1.15. The van der Waals surface area contributed by atoms with Gasteiger partial charge in [0.2, 0.25) is 0 Å². The highest BCUT2D eigenvalue weighted by Crippen LogP contribution is 2.19. The Morgan fingerprint density at radius 3 is 2.74 bits per heavy atom. The highest BCUT2D eigenvalue weighted by molar-refractivity contribution is 14.1. The molecule has 104 valence electrons. The van der Waals surface area contributed by atoms with E-state index in [-0.39, 0.29) is 23.8 Å². The lowest BCUT2D eigenvalue weighted by Gasteiger charge is -2.09. The molecule has 0 radical (unpaired) electrons. The van der Waals surface area contributed by atoms with Crippen LogP contribution in [0.5, 0.6) is 0 Å². The summed E-state index contributed by atoms with van der Waals surface area (Å²) in [7, 11) is 0. The van der Waals surface area contributed by atoms with Crippen LogP contribution >= 0.6 is 22.6 Å². The van der Waals surface area contributed by atoms with Crippen molar-refractivity contribution in [3.8, 4) is 0 Å². The quantitative estimate of drug-likeness (QED) is 0.357. The van der Waals surface area contributed by atoms with Gasteiger partial charge in [-0.2, -0.15) is 0 Å². The number of aliphatic hydroxyl groups excluding tert-OH is 1. The summed E-state index contributed by atoms with van der Waals surface area (Å²) in [5.41, 5.74) is -0.0581. The molecule has 0 aromatic heterocycles. The number of Topliss-reactive ketones (excluding diaryl/α,β-unsaturated/α-hetero) is 1. The molecule has 6 heteroatoms. The van der Waals surface area contributed by atoms with Gasteiger partial charge >= 0.3 is 0 Å². The van der Waals surface area contributed by atoms with E-state index in [1.165, 1.54) is 19.2 Å². The average molecular weight is 381 g/mol. The van der Waals surface area contributed by atoms with Crippen LogP contribution < -0.4 is 5.32 Å². The number of benzene rings is 1. The second kappa shape index (κ2) is 6.95. The van der Waals surface area contributed by atoms with Crippen molar-refractivity contribution >= 4 is 28.4 Å². The second-order valence-electron chi connectivity index (χ2n) is 4.16. The Hall–Kier alpha value is -1.02. The molecule has 0 saturated heterocycles. The van der Waals surface area contributed by atoms with Crippen LogP contribution in [0.3, 0.4) is 0 Å². The van der Waals surface area contributed by atoms with Crippen molar-refractivity contribution in [1.29, 1.82) is 0 Å². The maximum atomic E-state index is 13.6. The largest absolute Gasteiger partial charge is 0.394 e. The number of rotatable bonds is 5. The summed E-state index contributed by atoms with van der Waals surface area (Å²) in [5, 5.41) is 11.6. The van der Waals surface area contributed by atoms with Crippen molar-refractivity contribution in [2.75, 3.05) is 6.61 Å². The van der Waals surface area contributed by atoms with E-state index in [1.54, 1.807) is 6.92 Å². The van der Waals surface area contributed by atoms with Crippen molar-refractivity contribution in [2.45, 2.75) is 19.9 Å². The maximum Gasteiger partial charge on any atom is 0.193 e. The predicted molar refractivity (Wildman–Crippen MR) is 76.8 cm³/mol. The highest BCUT2D eigenvalue weighted by Gasteiger charge is 2.18. The monoisotopic (exact) mass is 381 g/mol. The average Bonchev–Trinajstić information content (AvgIpc) is 2.38. The Kier molecular flexibility index (Phi) is 5.86. The molecule has 0 aliphatic rings. The molecule has 0 aliphatic heterocycles. The first kappa shape index (κ1) is 16.0. The zero-order valence-electron chi connectivity index (χ0n) is 10.5. The normalized spacial score (nSPS) is 13.3. The molecule has 2 N–H and O–H groups in total. The van der Waals surface area contributed by atoms with Crippen molar-refractivity contribution in [2.24, 2.45) is 0 Å². The van der Waals surface area contributed by atoms with E-state index >= 15 is 0 Å². The Labute approximate surface area is 123 Å². The number of ketones is 1. The molecular weight excluding hydrogens is 367 g/mol. The van der Waals surface area contributed by atoms with Crippen molar-refractivity contribution in [3.05, 3.63) is 44.7 Å². The van der Waals surface area contributed by atoms with Gasteiger partial charge in [-0.25, -0.2) is 8.78 Å². The summed E-state index contributed by atoms with van der Waals surface area (Å²) in [4.78, 5) is 12.0. The van der Waals surface area contributed by atoms with E-state index in [1.807, 2.05) is 22.6 Å². The van der Waals surface area contributed by atoms with Crippen molar-refractivity contribution < 1.29 is 18.7 Å². The zero-order chi connectivity index (χ0) is 14.6. The van der Waals surface area contributed by atoms with Gasteiger partial charge in [0, 0.05) is 21.4 Å². The molecule has 0 aliphatic carbocycles. The first-order valence-corrected chi connectivity index (χ1v) is 6.67. The lowest BCUT2D eigenvalue weighted by molar-refractivity contribution is 0.102. The number of hydrogen-bond donors (Lipinski definition) is 2. The van der Waals surface area contributed by atoms with Crippen molar-refractivity contribution in [1.82, 2.24) is 5.32 Å². The molecular formula is C13H14F2INO2. The fourth-order valence-electron chi connectivity index (χ4n) is 1.32. The molecule has 1 aromatic carbocycles. The zero-order valence-corrected chi connectivity index (χ0v) is 12.7. The topological polar surface area (TPSA) is 49.3 Å². The van der Waals surface area contributed by atoms with Crippen LogP contribution in [0.15, 0.2) is 23.9 Å². The molecule has 1 aromatic rings. The molecule has 0 fully saturated rings. The van der Waals surface area contributed by atoms with Gasteiger partial charge in [0.25, 0.3) is 0 Å². The number of hydrogen-bond acceptors (Lipinski definition) is 3. The van der Waals surface area contributed by atoms with Crippen LogP contribution in [0.4, 0.5) is 8.78 Å². The second-order valence-corrected chi connectivity index (χ2v) is 5.40. The fourth-order valence-corrected chi connectivity index (χ4v) is 1.90. The standard InChI is InChI=1S/C13H14F2INO2/c1-7(5-17-8(2)6-18)13(19)10-3-9(16)4-11(14)12(10)15/h3-5,8,17-18H,6H2,1-2H3. The minimum Gasteiger partial charge on any atom is -0.394 e. The third-order valence-electron chi connectivity index (χ3n) is 2.45. The van der Waals surface area contributed by atoms with Crippen LogP contribution in [0, 0.1) is 15.2 Å². The molecule has 0 spiro atoms. The number of nitrogens with one attached hydrogen (secondary N) is 1. The van der Waals surface area contributed by atoms with E-state index < -0.39 is 17.4 Å². The number of allylic oxidation sites excluding steroid dienone is 1. The Bertz CT molecular complexity index is 518. The summed E-state index contributed by atoms with van der Waals surface area (Å²) in [6, 6.07) is 2.10. The van der Waals surface area contributed by atoms with E-state index in [9.17, 15) is 13.6 Å². The minimum absolute atomic E-state index is 0.0931. The van der Waals surface area contributed by atoms with Crippen LogP contribution in [-0.2, 0) is 0 Å². The number of carbonyl (C=O) groups excluding carboxylic acids is 1. The summed E-state index contributed by atoms with van der Waals surface area (Å²) in [5.74, 6) is -2.78. The highest BCUT2D eigenvalue weighted by atomic mass is 127. The van der Waals surface area contributed by atoms with E-state index in [2.05, 4.69) is 5.32 Å². The van der Waals surface area contributed by atoms with Crippen LogP contribution in [-0.4, -0.2) is 23.5 Å². The van der Waals surface area contributed by atoms with E-state index in [0.717, 1.165) is 6.07 Å². The van der Waals surface area contributed by atoms with E-state index in [0.29, 0.717) is 3.57 Å². The molecule has 1 unspecified atom stereocenters. The molecule has 0 saturated carbocycles. The van der Waals surface area contributed by atoms with Gasteiger partial charge in [0.05, 0.1) is 12.2 Å². The number of carbonyl (C=O) groups is 1. The van der Waals surface area contributed by atoms with Crippen LogP contribution in [0.25, 0.3) is 0 Å². The Morgan fingerprint density at radius 1 is 1.53 bits per heavy atom. The van der Waals surface area contributed by atoms with Gasteiger partial charge in [0.1, 0.15) is 0 Å². The summed E-state index contributed by atoms with van der Waals surface area (Å²) in [6.45, 7) is 3.13. The molecule has 0 amide bonds. The summed E-state index contributed by atoms with van der Waals surface area (Å²) < 4.78 is 27.3. The van der Waals surface area contributed by atoms with Crippen LogP contribution in [0.2, 0.25) is 0 Å².